The molecule has 0 aliphatic carbocycles. The molecule has 168 valence electrons. The van der Waals surface area contributed by atoms with Gasteiger partial charge in [-0.05, 0) is 19.3 Å². The minimum absolute atomic E-state index is 0.336. The molecular formula is C25H50O3. The van der Waals surface area contributed by atoms with Crippen LogP contribution in [0.3, 0.4) is 0 Å². The Morgan fingerprint density at radius 3 is 1.21 bits per heavy atom. The Hall–Kier alpha value is -0.570. The number of hydrogen-bond donors (Lipinski definition) is 1. The molecule has 0 aliphatic heterocycles. The van der Waals surface area contributed by atoms with Gasteiger partial charge in [0.2, 0.25) is 0 Å². The first-order chi connectivity index (χ1) is 13.8. The first kappa shape index (κ1) is 27.4. The molecular weight excluding hydrogens is 348 g/mol. The summed E-state index contributed by atoms with van der Waals surface area (Å²) in [6, 6.07) is 0. The molecule has 3 nitrogen and oxygen atoms in total. The molecule has 0 saturated heterocycles. The summed E-state index contributed by atoms with van der Waals surface area (Å²) in [7, 11) is 0. The average molecular weight is 399 g/mol. The van der Waals surface area contributed by atoms with Crippen molar-refractivity contribution in [1.29, 1.82) is 0 Å². The van der Waals surface area contributed by atoms with Gasteiger partial charge in [0.1, 0.15) is 0 Å². The zero-order chi connectivity index (χ0) is 20.5. The van der Waals surface area contributed by atoms with E-state index < -0.39 is 5.97 Å². The van der Waals surface area contributed by atoms with Gasteiger partial charge in [0.15, 0.2) is 0 Å². The van der Waals surface area contributed by atoms with Crippen LogP contribution in [0.25, 0.3) is 0 Å². The third-order valence-electron chi connectivity index (χ3n) is 5.57. The Morgan fingerprint density at radius 2 is 0.857 bits per heavy atom. The van der Waals surface area contributed by atoms with Crippen LogP contribution >= 0.6 is 0 Å². The molecule has 0 atom stereocenters. The first-order valence-electron chi connectivity index (χ1n) is 12.6. The van der Waals surface area contributed by atoms with E-state index >= 15 is 0 Å². The maximum Gasteiger partial charge on any atom is 0.303 e. The Labute approximate surface area is 176 Å². The molecule has 3 heteroatoms. The van der Waals surface area contributed by atoms with Gasteiger partial charge in [-0.25, -0.2) is 0 Å². The molecule has 28 heavy (non-hydrogen) atoms. The van der Waals surface area contributed by atoms with Crippen molar-refractivity contribution in [2.24, 2.45) is 0 Å². The van der Waals surface area contributed by atoms with Crippen LogP contribution in [-0.2, 0) is 9.53 Å². The molecule has 1 N–H and O–H groups in total. The fourth-order valence-electron chi connectivity index (χ4n) is 3.69. The topological polar surface area (TPSA) is 46.5 Å². The smallest absolute Gasteiger partial charge is 0.303 e. The van der Waals surface area contributed by atoms with E-state index in [-0.39, 0.29) is 0 Å². The van der Waals surface area contributed by atoms with Gasteiger partial charge in [0.05, 0.1) is 0 Å². The van der Waals surface area contributed by atoms with Crippen molar-refractivity contribution in [1.82, 2.24) is 0 Å². The highest BCUT2D eigenvalue weighted by atomic mass is 16.5. The number of carbonyl (C=O) groups is 1. The van der Waals surface area contributed by atoms with Crippen LogP contribution in [-0.4, -0.2) is 24.3 Å². The lowest BCUT2D eigenvalue weighted by molar-refractivity contribution is -0.137. The lowest BCUT2D eigenvalue weighted by Gasteiger charge is -2.05. The predicted octanol–water partition coefficient (Wildman–Crippen LogP) is 8.30. The second-order valence-electron chi connectivity index (χ2n) is 8.47. The molecule has 0 aromatic carbocycles. The molecule has 0 unspecified atom stereocenters. The average Bonchev–Trinajstić information content (AvgIpc) is 2.68. The fourth-order valence-corrected chi connectivity index (χ4v) is 3.69. The van der Waals surface area contributed by atoms with Crippen molar-refractivity contribution < 1.29 is 14.6 Å². The highest BCUT2D eigenvalue weighted by molar-refractivity contribution is 5.66. The van der Waals surface area contributed by atoms with Gasteiger partial charge in [0, 0.05) is 19.6 Å². The Balaban J connectivity index is 2.99. The number of rotatable bonds is 24. The van der Waals surface area contributed by atoms with Crippen LogP contribution in [0.2, 0.25) is 0 Å². The maximum absolute atomic E-state index is 10.4. The van der Waals surface area contributed by atoms with Crippen molar-refractivity contribution in [3.8, 4) is 0 Å². The summed E-state index contributed by atoms with van der Waals surface area (Å²) in [4.78, 5) is 10.4. The molecule has 0 heterocycles. The number of carboxylic acids is 1. The Kier molecular flexibility index (Phi) is 24.0. The molecule has 0 aromatic rings. The zero-order valence-electron chi connectivity index (χ0n) is 19.0. The summed E-state index contributed by atoms with van der Waals surface area (Å²) in [5, 5.41) is 8.58. The summed E-state index contributed by atoms with van der Waals surface area (Å²) in [6.45, 7) is 4.19. The minimum Gasteiger partial charge on any atom is -0.481 e. The third kappa shape index (κ3) is 25.4. The van der Waals surface area contributed by atoms with Crippen LogP contribution in [0, 0.1) is 0 Å². The van der Waals surface area contributed by atoms with Crippen molar-refractivity contribution in [2.45, 2.75) is 142 Å². The van der Waals surface area contributed by atoms with Crippen molar-refractivity contribution in [3.63, 3.8) is 0 Å². The predicted molar refractivity (Wildman–Crippen MR) is 121 cm³/mol. The Morgan fingerprint density at radius 1 is 0.536 bits per heavy atom. The van der Waals surface area contributed by atoms with E-state index in [4.69, 9.17) is 9.84 Å². The van der Waals surface area contributed by atoms with E-state index in [9.17, 15) is 4.79 Å². The van der Waals surface area contributed by atoms with Crippen molar-refractivity contribution >= 4 is 5.97 Å². The lowest BCUT2D eigenvalue weighted by atomic mass is 10.1. The molecule has 0 saturated carbocycles. The number of hydrogen-bond acceptors (Lipinski definition) is 2. The maximum atomic E-state index is 10.4. The van der Waals surface area contributed by atoms with Gasteiger partial charge < -0.3 is 9.84 Å². The standard InChI is InChI=1S/C25H50O3/c1-2-3-4-5-6-11-14-17-20-23-28-24-21-18-15-12-9-7-8-10-13-16-19-22-25(26)27/h2-24H2,1H3,(H,26,27). The highest BCUT2D eigenvalue weighted by Crippen LogP contribution is 2.12. The van der Waals surface area contributed by atoms with Gasteiger partial charge in [-0.15, -0.1) is 0 Å². The largest absolute Gasteiger partial charge is 0.481 e. The normalized spacial score (nSPS) is 11.2. The minimum atomic E-state index is -0.658. The molecule has 0 rings (SSSR count). The van der Waals surface area contributed by atoms with Crippen LogP contribution in [0.5, 0.6) is 0 Å². The summed E-state index contributed by atoms with van der Waals surface area (Å²) in [5.74, 6) is -0.658. The first-order valence-corrected chi connectivity index (χ1v) is 12.6. The van der Waals surface area contributed by atoms with Crippen molar-refractivity contribution in [3.05, 3.63) is 0 Å². The van der Waals surface area contributed by atoms with E-state index in [1.807, 2.05) is 0 Å². The second kappa shape index (κ2) is 24.5. The molecule has 0 bridgehead atoms. The van der Waals surface area contributed by atoms with Gasteiger partial charge in [-0.1, -0.05) is 116 Å². The van der Waals surface area contributed by atoms with E-state index in [1.54, 1.807) is 0 Å². The Bertz CT molecular complexity index is 304. The lowest BCUT2D eigenvalue weighted by Crippen LogP contribution is -1.97. The molecule has 0 aromatic heterocycles. The molecule has 0 radical (unpaired) electrons. The van der Waals surface area contributed by atoms with Gasteiger partial charge in [-0.3, -0.25) is 4.79 Å². The van der Waals surface area contributed by atoms with E-state index in [1.165, 1.54) is 116 Å². The fraction of sp³-hybridized carbons (Fsp3) is 0.960. The molecule has 0 amide bonds. The third-order valence-corrected chi connectivity index (χ3v) is 5.57. The van der Waals surface area contributed by atoms with E-state index in [0.29, 0.717) is 6.42 Å². The number of unbranched alkanes of at least 4 members (excludes halogenated alkanes) is 18. The summed E-state index contributed by atoms with van der Waals surface area (Å²) in [6.07, 6.45) is 26.4. The van der Waals surface area contributed by atoms with Crippen LogP contribution in [0.15, 0.2) is 0 Å². The van der Waals surface area contributed by atoms with E-state index in [0.717, 1.165) is 26.1 Å². The summed E-state index contributed by atoms with van der Waals surface area (Å²) in [5.41, 5.74) is 0. The second-order valence-corrected chi connectivity index (χ2v) is 8.47. The molecule has 0 aliphatic rings. The van der Waals surface area contributed by atoms with Crippen molar-refractivity contribution in [2.75, 3.05) is 13.2 Å². The van der Waals surface area contributed by atoms with Crippen LogP contribution in [0.4, 0.5) is 0 Å². The van der Waals surface area contributed by atoms with Gasteiger partial charge in [-0.2, -0.15) is 0 Å². The molecule has 0 spiro atoms. The van der Waals surface area contributed by atoms with Gasteiger partial charge in [0.25, 0.3) is 0 Å². The summed E-state index contributed by atoms with van der Waals surface area (Å²) < 4.78 is 5.76. The number of carboxylic acid groups (broad SMARTS) is 1. The monoisotopic (exact) mass is 398 g/mol. The quantitative estimate of drug-likeness (QED) is 0.166. The van der Waals surface area contributed by atoms with Gasteiger partial charge >= 0.3 is 5.97 Å². The number of ether oxygens (including phenoxy) is 1. The summed E-state index contributed by atoms with van der Waals surface area (Å²) >= 11 is 0. The number of aliphatic carboxylic acids is 1. The highest BCUT2D eigenvalue weighted by Gasteiger charge is 1.97. The SMILES string of the molecule is CCCCCCCCCCCOCCCCCCCCCCCCCC(=O)O. The zero-order valence-corrected chi connectivity index (χ0v) is 19.0. The molecule has 0 fully saturated rings. The van der Waals surface area contributed by atoms with E-state index in [2.05, 4.69) is 6.92 Å². The van der Waals surface area contributed by atoms with Crippen LogP contribution in [0.1, 0.15) is 142 Å². The van der Waals surface area contributed by atoms with Crippen LogP contribution < -0.4 is 0 Å².